The minimum absolute atomic E-state index is 0.126. The third-order valence-corrected chi connectivity index (χ3v) is 6.91. The van der Waals surface area contributed by atoms with Crippen LogP contribution in [0.15, 0.2) is 0 Å². The largest absolute Gasteiger partial charge is 0.350 e. The van der Waals surface area contributed by atoms with Gasteiger partial charge in [0.05, 0.1) is 0 Å². The number of hydrogen-bond donors (Lipinski definition) is 1. The molecule has 0 aliphatic heterocycles. The van der Waals surface area contributed by atoms with Gasteiger partial charge in [-0.15, -0.1) is 0 Å². The van der Waals surface area contributed by atoms with Gasteiger partial charge >= 0.3 is 0 Å². The summed E-state index contributed by atoms with van der Waals surface area (Å²) in [5.41, 5.74) is 0.237. The molecule has 4 aliphatic carbocycles. The average Bonchev–Trinajstić information content (AvgIpc) is 2.25. The Balaban J connectivity index is 1.65. The second-order valence-corrected chi connectivity index (χ2v) is 8.72. The number of hydrogen-bond acceptors (Lipinski definition) is 1. The molecule has 0 spiro atoms. The van der Waals surface area contributed by atoms with E-state index in [0.29, 0.717) is 5.41 Å². The van der Waals surface area contributed by atoms with Gasteiger partial charge in [-0.05, 0) is 75.5 Å². The second kappa shape index (κ2) is 4.75. The molecule has 4 rings (SSSR count). The Kier molecular flexibility index (Phi) is 3.48. The van der Waals surface area contributed by atoms with Crippen LogP contribution in [-0.4, -0.2) is 16.8 Å². The Morgan fingerprint density at radius 2 is 1.63 bits per heavy atom. The highest BCUT2D eigenvalue weighted by molar-refractivity contribution is 9.09. The van der Waals surface area contributed by atoms with Crippen molar-refractivity contribution >= 4 is 21.8 Å². The van der Waals surface area contributed by atoms with Crippen molar-refractivity contribution in [1.29, 1.82) is 0 Å². The number of carbonyl (C=O) groups excluding carboxylic acids is 1. The summed E-state index contributed by atoms with van der Waals surface area (Å²) in [5, 5.41) is 4.01. The summed E-state index contributed by atoms with van der Waals surface area (Å²) in [4.78, 5) is 12.4. The number of rotatable bonds is 4. The van der Waals surface area contributed by atoms with Gasteiger partial charge in [0.2, 0.25) is 5.91 Å². The van der Waals surface area contributed by atoms with E-state index in [1.165, 1.54) is 38.5 Å². The van der Waals surface area contributed by atoms with Crippen molar-refractivity contribution in [3.05, 3.63) is 0 Å². The molecule has 108 valence electrons. The van der Waals surface area contributed by atoms with Gasteiger partial charge < -0.3 is 5.32 Å². The molecule has 0 atom stereocenters. The van der Waals surface area contributed by atoms with E-state index in [2.05, 4.69) is 35.1 Å². The standard InChI is InChI=1S/C16H26BrNO/c1-15(2,10-17)18-14(19)9-16-6-11-3-12(7-16)5-13(4-11)8-16/h11-13H,3-10H2,1-2H3,(H,18,19). The third-order valence-electron chi connectivity index (χ3n) is 5.51. The molecule has 1 N–H and O–H groups in total. The van der Waals surface area contributed by atoms with Crippen molar-refractivity contribution in [3.8, 4) is 0 Å². The van der Waals surface area contributed by atoms with Crippen LogP contribution < -0.4 is 5.32 Å². The van der Waals surface area contributed by atoms with E-state index in [9.17, 15) is 4.79 Å². The van der Waals surface area contributed by atoms with Crippen molar-refractivity contribution < 1.29 is 4.79 Å². The van der Waals surface area contributed by atoms with E-state index in [0.717, 1.165) is 29.5 Å². The van der Waals surface area contributed by atoms with E-state index >= 15 is 0 Å². The topological polar surface area (TPSA) is 29.1 Å². The zero-order valence-corrected chi connectivity index (χ0v) is 13.8. The van der Waals surface area contributed by atoms with E-state index in [1.54, 1.807) is 0 Å². The molecule has 0 aromatic rings. The van der Waals surface area contributed by atoms with Gasteiger partial charge in [0, 0.05) is 17.3 Å². The predicted molar refractivity (Wildman–Crippen MR) is 81.2 cm³/mol. The van der Waals surface area contributed by atoms with Crippen molar-refractivity contribution in [2.24, 2.45) is 23.2 Å². The molecule has 3 heteroatoms. The van der Waals surface area contributed by atoms with Crippen LogP contribution in [0.2, 0.25) is 0 Å². The molecule has 2 nitrogen and oxygen atoms in total. The van der Waals surface area contributed by atoms with Gasteiger partial charge in [0.1, 0.15) is 0 Å². The van der Waals surface area contributed by atoms with Crippen LogP contribution in [0.4, 0.5) is 0 Å². The normalized spacial score (nSPS) is 40.5. The maximum atomic E-state index is 12.4. The lowest BCUT2D eigenvalue weighted by Crippen LogP contribution is -2.51. The number of amides is 1. The first kappa shape index (κ1) is 13.9. The first-order valence-corrected chi connectivity index (χ1v) is 8.89. The highest BCUT2D eigenvalue weighted by Crippen LogP contribution is 2.61. The van der Waals surface area contributed by atoms with Gasteiger partial charge in [-0.2, -0.15) is 0 Å². The first-order chi connectivity index (χ1) is 8.90. The van der Waals surface area contributed by atoms with Gasteiger partial charge in [0.25, 0.3) is 0 Å². The zero-order valence-electron chi connectivity index (χ0n) is 12.2. The first-order valence-electron chi connectivity index (χ1n) is 7.77. The van der Waals surface area contributed by atoms with Crippen LogP contribution in [0.25, 0.3) is 0 Å². The number of carbonyl (C=O) groups is 1. The fourth-order valence-corrected chi connectivity index (χ4v) is 5.44. The van der Waals surface area contributed by atoms with E-state index < -0.39 is 0 Å². The van der Waals surface area contributed by atoms with Gasteiger partial charge in [-0.25, -0.2) is 0 Å². The van der Waals surface area contributed by atoms with Gasteiger partial charge in [0.15, 0.2) is 0 Å². The maximum absolute atomic E-state index is 12.4. The molecule has 1 amide bonds. The molecule has 4 aliphatic rings. The Labute approximate surface area is 125 Å². The van der Waals surface area contributed by atoms with Crippen LogP contribution >= 0.6 is 15.9 Å². The Hall–Kier alpha value is -0.0500. The number of alkyl halides is 1. The van der Waals surface area contributed by atoms with Crippen LogP contribution in [0, 0.1) is 23.2 Å². The molecule has 19 heavy (non-hydrogen) atoms. The van der Waals surface area contributed by atoms with E-state index in [-0.39, 0.29) is 11.4 Å². The fraction of sp³-hybridized carbons (Fsp3) is 0.938. The monoisotopic (exact) mass is 327 g/mol. The summed E-state index contributed by atoms with van der Waals surface area (Å²) in [6.45, 7) is 4.17. The summed E-state index contributed by atoms with van der Waals surface area (Å²) in [5.74, 6) is 3.07. The lowest BCUT2D eigenvalue weighted by Gasteiger charge is -2.56. The van der Waals surface area contributed by atoms with Crippen LogP contribution in [0.5, 0.6) is 0 Å². The highest BCUT2D eigenvalue weighted by atomic mass is 79.9. The summed E-state index contributed by atoms with van der Waals surface area (Å²) < 4.78 is 0. The minimum atomic E-state index is -0.126. The predicted octanol–water partition coefficient (Wildman–Crippen LogP) is 3.88. The van der Waals surface area contributed by atoms with E-state index in [1.807, 2.05) is 0 Å². The summed E-state index contributed by atoms with van der Waals surface area (Å²) in [6.07, 6.45) is 9.09. The quantitative estimate of drug-likeness (QED) is 0.780. The van der Waals surface area contributed by atoms with Crippen LogP contribution in [0.3, 0.4) is 0 Å². The van der Waals surface area contributed by atoms with E-state index in [4.69, 9.17) is 0 Å². The van der Waals surface area contributed by atoms with Crippen molar-refractivity contribution in [1.82, 2.24) is 5.32 Å². The maximum Gasteiger partial charge on any atom is 0.220 e. The Morgan fingerprint density at radius 1 is 1.16 bits per heavy atom. The van der Waals surface area contributed by atoms with Crippen molar-refractivity contribution in [3.63, 3.8) is 0 Å². The lowest BCUT2D eigenvalue weighted by atomic mass is 9.49. The number of halogens is 1. The average molecular weight is 328 g/mol. The molecule has 0 heterocycles. The minimum Gasteiger partial charge on any atom is -0.350 e. The summed E-state index contributed by atoms with van der Waals surface area (Å²) in [6, 6.07) is 0. The summed E-state index contributed by atoms with van der Waals surface area (Å²) in [7, 11) is 0. The summed E-state index contributed by atoms with van der Waals surface area (Å²) >= 11 is 3.48. The molecule has 0 saturated heterocycles. The van der Waals surface area contributed by atoms with Crippen molar-refractivity contribution in [2.45, 2.75) is 64.3 Å². The smallest absolute Gasteiger partial charge is 0.220 e. The van der Waals surface area contributed by atoms with Crippen LogP contribution in [-0.2, 0) is 4.79 Å². The fourth-order valence-electron chi connectivity index (χ4n) is 5.30. The Bertz CT molecular complexity index is 342. The second-order valence-electron chi connectivity index (χ2n) is 8.16. The van der Waals surface area contributed by atoms with Crippen molar-refractivity contribution in [2.75, 3.05) is 5.33 Å². The van der Waals surface area contributed by atoms with Gasteiger partial charge in [-0.3, -0.25) is 4.79 Å². The molecule has 0 unspecified atom stereocenters. The SMILES string of the molecule is CC(C)(CBr)NC(=O)CC12CC3CC(CC(C3)C1)C2. The molecule has 0 aromatic carbocycles. The molecular weight excluding hydrogens is 302 g/mol. The lowest BCUT2D eigenvalue weighted by molar-refractivity contribution is -0.130. The molecular formula is C16H26BrNO. The zero-order chi connectivity index (χ0) is 13.7. The molecule has 0 aromatic heterocycles. The molecule has 4 saturated carbocycles. The van der Waals surface area contributed by atoms with Gasteiger partial charge in [-0.1, -0.05) is 15.9 Å². The van der Waals surface area contributed by atoms with Crippen LogP contribution in [0.1, 0.15) is 58.8 Å². The third kappa shape index (κ3) is 2.86. The Morgan fingerprint density at radius 3 is 2.05 bits per heavy atom. The number of nitrogens with one attached hydrogen (secondary N) is 1. The molecule has 0 radical (unpaired) electrons. The molecule has 4 bridgehead atoms. The molecule has 4 fully saturated rings. The highest BCUT2D eigenvalue weighted by Gasteiger charge is 2.51.